The van der Waals surface area contributed by atoms with Crippen LogP contribution in [0.2, 0.25) is 0 Å². The van der Waals surface area contributed by atoms with Crippen molar-refractivity contribution in [2.24, 2.45) is 11.8 Å². The van der Waals surface area contributed by atoms with Crippen molar-refractivity contribution in [2.75, 3.05) is 11.9 Å². The van der Waals surface area contributed by atoms with Gasteiger partial charge in [-0.15, -0.1) is 0 Å². The smallest absolute Gasteiger partial charge is 0.412 e. The van der Waals surface area contributed by atoms with Crippen molar-refractivity contribution in [3.8, 4) is 0 Å². The van der Waals surface area contributed by atoms with Crippen LogP contribution in [-0.4, -0.2) is 52.4 Å². The summed E-state index contributed by atoms with van der Waals surface area (Å²) < 4.78 is 6.49. The van der Waals surface area contributed by atoms with Gasteiger partial charge < -0.3 is 25.3 Å². The van der Waals surface area contributed by atoms with E-state index in [2.05, 4.69) is 21.3 Å². The number of hydrogen-bond acceptors (Lipinski definition) is 7. The summed E-state index contributed by atoms with van der Waals surface area (Å²) in [5.74, 6) is -2.49. The average Bonchev–Trinajstić information content (AvgIpc) is 3.68. The lowest BCUT2D eigenvalue weighted by Gasteiger charge is -2.25. The summed E-state index contributed by atoms with van der Waals surface area (Å²) in [6.45, 7) is 5.55. The van der Waals surface area contributed by atoms with E-state index >= 15 is 0 Å². The van der Waals surface area contributed by atoms with Gasteiger partial charge in [-0.1, -0.05) is 43.2 Å². The predicted octanol–water partition coefficient (Wildman–Crippen LogP) is 2.43. The van der Waals surface area contributed by atoms with E-state index in [-0.39, 0.29) is 42.8 Å². The van der Waals surface area contributed by atoms with Gasteiger partial charge in [0.2, 0.25) is 17.6 Å². The van der Waals surface area contributed by atoms with Crippen molar-refractivity contribution >= 4 is 35.3 Å². The standard InChI is InChI=1S/C31H39N5O7/c1-31(2,3)43-30(42)35-22-10-7-13-36(29(22)41)24(15-19-11-12-19)27(39)34-23(14-21-16-25(37)32-18-21)26(38)28(40)33-17-20-8-5-4-6-9-20/h4-10,13,19,21,23-24H,11-12,14-18H2,1-3H3,(H,32,37)(H,33,40)(H,34,39)(H,35,42)/t21-,23-,24+/m0/s1. The number of Topliss-reactive ketones (excluding diaryl/α,β-unsaturated/α-hetero) is 1. The summed E-state index contributed by atoms with van der Waals surface area (Å²) in [6.07, 6.45) is 3.03. The lowest BCUT2D eigenvalue weighted by atomic mass is 9.95. The van der Waals surface area contributed by atoms with Gasteiger partial charge in [0.15, 0.2) is 0 Å². The van der Waals surface area contributed by atoms with Crippen molar-refractivity contribution in [1.82, 2.24) is 20.5 Å². The molecule has 2 heterocycles. The zero-order valence-electron chi connectivity index (χ0n) is 24.7. The van der Waals surface area contributed by atoms with Crippen LogP contribution in [-0.2, 0) is 30.5 Å². The van der Waals surface area contributed by atoms with Crippen LogP contribution < -0.4 is 26.8 Å². The molecule has 2 fully saturated rings. The molecule has 1 saturated heterocycles. The molecule has 0 spiro atoms. The quantitative estimate of drug-likeness (QED) is 0.275. The van der Waals surface area contributed by atoms with E-state index in [9.17, 15) is 28.8 Å². The van der Waals surface area contributed by atoms with Gasteiger partial charge in [-0.2, -0.15) is 0 Å². The Morgan fingerprint density at radius 2 is 1.72 bits per heavy atom. The molecule has 2 aliphatic rings. The van der Waals surface area contributed by atoms with Crippen LogP contribution in [0.15, 0.2) is 53.5 Å². The Morgan fingerprint density at radius 3 is 2.35 bits per heavy atom. The average molecular weight is 594 g/mol. The molecule has 12 heteroatoms. The molecule has 1 aromatic carbocycles. The van der Waals surface area contributed by atoms with Gasteiger partial charge in [0.1, 0.15) is 17.3 Å². The fraction of sp³-hybridized carbons (Fsp3) is 0.484. The Balaban J connectivity index is 1.53. The van der Waals surface area contributed by atoms with Crippen LogP contribution in [0.25, 0.3) is 0 Å². The molecule has 1 saturated carbocycles. The summed E-state index contributed by atoms with van der Waals surface area (Å²) >= 11 is 0. The number of anilines is 1. The number of benzene rings is 1. The van der Waals surface area contributed by atoms with Gasteiger partial charge >= 0.3 is 6.09 Å². The van der Waals surface area contributed by atoms with Gasteiger partial charge in [-0.3, -0.25) is 29.3 Å². The zero-order valence-corrected chi connectivity index (χ0v) is 24.7. The fourth-order valence-electron chi connectivity index (χ4n) is 4.97. The van der Waals surface area contributed by atoms with Gasteiger partial charge in [-0.25, -0.2) is 4.79 Å². The first kappa shape index (κ1) is 31.5. The van der Waals surface area contributed by atoms with Crippen LogP contribution in [0.3, 0.4) is 0 Å². The van der Waals surface area contributed by atoms with Crippen molar-refractivity contribution in [3.05, 3.63) is 64.6 Å². The third kappa shape index (κ3) is 9.25. The van der Waals surface area contributed by atoms with E-state index in [1.54, 1.807) is 20.8 Å². The highest BCUT2D eigenvalue weighted by molar-refractivity contribution is 6.38. The molecule has 12 nitrogen and oxygen atoms in total. The lowest BCUT2D eigenvalue weighted by molar-refractivity contribution is -0.140. The monoisotopic (exact) mass is 593 g/mol. The summed E-state index contributed by atoms with van der Waals surface area (Å²) in [4.78, 5) is 77.6. The van der Waals surface area contributed by atoms with E-state index in [0.29, 0.717) is 13.0 Å². The summed E-state index contributed by atoms with van der Waals surface area (Å²) in [6, 6.07) is 9.85. The fourth-order valence-corrected chi connectivity index (χ4v) is 4.97. The SMILES string of the molecule is CC(C)(C)OC(=O)Nc1cccn([C@H](CC2CC2)C(=O)N[C@@H](C[C@@H]2CNC(=O)C2)C(=O)C(=O)NCc2ccccc2)c1=O. The first-order chi connectivity index (χ1) is 20.4. The van der Waals surface area contributed by atoms with Crippen LogP contribution >= 0.6 is 0 Å². The zero-order chi connectivity index (χ0) is 31.1. The number of nitrogens with zero attached hydrogens (tertiary/aromatic N) is 1. The normalized spacial score (nSPS) is 17.7. The molecular formula is C31H39N5O7. The number of amides is 4. The van der Waals surface area contributed by atoms with Crippen molar-refractivity contribution < 1.29 is 28.7 Å². The molecule has 230 valence electrons. The van der Waals surface area contributed by atoms with E-state index in [1.807, 2.05) is 30.3 Å². The van der Waals surface area contributed by atoms with Crippen LogP contribution in [0, 0.1) is 11.8 Å². The van der Waals surface area contributed by atoms with E-state index in [4.69, 9.17) is 4.74 Å². The van der Waals surface area contributed by atoms with Crippen molar-refractivity contribution in [2.45, 2.75) is 77.1 Å². The number of hydrogen-bond donors (Lipinski definition) is 4. The molecule has 1 aliphatic heterocycles. The highest BCUT2D eigenvalue weighted by Gasteiger charge is 2.36. The Kier molecular flexibility index (Phi) is 9.99. The first-order valence-electron chi connectivity index (χ1n) is 14.5. The van der Waals surface area contributed by atoms with Gasteiger partial charge in [-0.05, 0) is 63.1 Å². The minimum absolute atomic E-state index is 0.0613. The molecule has 43 heavy (non-hydrogen) atoms. The minimum Gasteiger partial charge on any atom is -0.444 e. The summed E-state index contributed by atoms with van der Waals surface area (Å²) in [5, 5.41) is 10.5. The Bertz CT molecular complexity index is 1410. The Hall–Kier alpha value is -4.48. The number of ketones is 1. The molecule has 4 amide bonds. The van der Waals surface area contributed by atoms with E-state index < -0.39 is 46.9 Å². The molecule has 0 radical (unpaired) electrons. The maximum atomic E-state index is 13.8. The minimum atomic E-state index is -1.21. The molecule has 1 aromatic heterocycles. The Morgan fingerprint density at radius 1 is 1.00 bits per heavy atom. The van der Waals surface area contributed by atoms with Crippen LogP contribution in [0.4, 0.5) is 10.5 Å². The highest BCUT2D eigenvalue weighted by atomic mass is 16.6. The van der Waals surface area contributed by atoms with Gasteiger partial charge in [0, 0.05) is 25.7 Å². The summed E-state index contributed by atoms with van der Waals surface area (Å²) in [7, 11) is 0. The van der Waals surface area contributed by atoms with E-state index in [1.165, 1.54) is 22.9 Å². The molecule has 3 atom stereocenters. The van der Waals surface area contributed by atoms with E-state index in [0.717, 1.165) is 18.4 Å². The number of carbonyl (C=O) groups excluding carboxylic acids is 5. The largest absolute Gasteiger partial charge is 0.444 e. The predicted molar refractivity (Wildman–Crippen MR) is 158 cm³/mol. The number of carbonyl (C=O) groups is 5. The molecule has 0 unspecified atom stereocenters. The van der Waals surface area contributed by atoms with Crippen molar-refractivity contribution in [1.29, 1.82) is 0 Å². The molecular weight excluding hydrogens is 554 g/mol. The third-order valence-corrected chi connectivity index (χ3v) is 7.29. The summed E-state index contributed by atoms with van der Waals surface area (Å²) in [5.41, 5.74) is -0.642. The second kappa shape index (κ2) is 13.7. The molecule has 1 aliphatic carbocycles. The van der Waals surface area contributed by atoms with Crippen LogP contribution in [0.1, 0.15) is 64.5 Å². The molecule has 0 bridgehead atoms. The number of aromatic nitrogens is 1. The number of nitrogens with one attached hydrogen (secondary N) is 4. The number of ether oxygens (including phenoxy) is 1. The highest BCUT2D eigenvalue weighted by Crippen LogP contribution is 2.37. The number of pyridine rings is 1. The maximum Gasteiger partial charge on any atom is 0.412 e. The second-order valence-corrected chi connectivity index (χ2v) is 12.2. The van der Waals surface area contributed by atoms with Crippen LogP contribution in [0.5, 0.6) is 0 Å². The van der Waals surface area contributed by atoms with Gasteiger partial charge in [0.05, 0.1) is 6.04 Å². The first-order valence-corrected chi connectivity index (χ1v) is 14.5. The number of rotatable bonds is 12. The second-order valence-electron chi connectivity index (χ2n) is 12.2. The Labute approximate surface area is 249 Å². The lowest BCUT2D eigenvalue weighted by Crippen LogP contribution is -2.50. The third-order valence-electron chi connectivity index (χ3n) is 7.29. The molecule has 2 aromatic rings. The molecule has 4 N–H and O–H groups in total. The maximum absolute atomic E-state index is 13.8. The van der Waals surface area contributed by atoms with Crippen molar-refractivity contribution in [3.63, 3.8) is 0 Å². The topological polar surface area (TPSA) is 165 Å². The van der Waals surface area contributed by atoms with Gasteiger partial charge in [0.25, 0.3) is 11.5 Å². The molecule has 4 rings (SSSR count).